The maximum Gasteiger partial charge on any atom is 0.371 e. The molecule has 82 valence electrons. The fourth-order valence-corrected chi connectivity index (χ4v) is 0. The lowest BCUT2D eigenvalue weighted by molar-refractivity contribution is -0.176. The standard InChI is InChI=1S/2C3H4O3.H2O2/c2*1-2(4)3(5)6;1-2/h2*1H3,(H,5,6);1-2H. The molecule has 0 saturated heterocycles. The van der Waals surface area contributed by atoms with Gasteiger partial charge in [0, 0.05) is 13.8 Å². The minimum absolute atomic E-state index is 0.824. The molecular formula is C6H10O8. The molecule has 0 amide bonds. The first-order valence-corrected chi connectivity index (χ1v) is 2.96. The third kappa shape index (κ3) is 22.5. The van der Waals surface area contributed by atoms with Gasteiger partial charge in [-0.05, 0) is 0 Å². The lowest BCUT2D eigenvalue weighted by atomic mass is 10.5. The number of carboxylic acid groups (broad SMARTS) is 2. The van der Waals surface area contributed by atoms with E-state index in [1.807, 2.05) is 0 Å². The molecule has 0 aromatic heterocycles. The van der Waals surface area contributed by atoms with E-state index in [2.05, 4.69) is 0 Å². The number of hydrogen-bond donors (Lipinski definition) is 4. The SMILES string of the molecule is CC(=O)C(=O)O.CC(=O)C(=O)O.OO. The van der Waals surface area contributed by atoms with Gasteiger partial charge in [-0.2, -0.15) is 0 Å². The van der Waals surface area contributed by atoms with Gasteiger partial charge in [0.05, 0.1) is 0 Å². The van der Waals surface area contributed by atoms with Crippen molar-refractivity contribution in [3.05, 3.63) is 0 Å². The average Bonchev–Trinajstić information content (AvgIpc) is 2.08. The van der Waals surface area contributed by atoms with Crippen LogP contribution in [-0.2, 0) is 19.2 Å². The molecule has 14 heavy (non-hydrogen) atoms. The largest absolute Gasteiger partial charge is 0.476 e. The smallest absolute Gasteiger partial charge is 0.371 e. The molecule has 0 saturated carbocycles. The Balaban J connectivity index is -0.000000147. The summed E-state index contributed by atoms with van der Waals surface area (Å²) in [6, 6.07) is 0. The summed E-state index contributed by atoms with van der Waals surface area (Å²) in [4.78, 5) is 37.8. The zero-order valence-corrected chi connectivity index (χ0v) is 7.42. The lowest BCUT2D eigenvalue weighted by Gasteiger charge is -1.73. The normalized spacial score (nSPS) is 6.86. The van der Waals surface area contributed by atoms with Crippen molar-refractivity contribution in [2.75, 3.05) is 0 Å². The van der Waals surface area contributed by atoms with Gasteiger partial charge < -0.3 is 10.2 Å². The number of ketones is 2. The Kier molecular flexibility index (Phi) is 14.5. The van der Waals surface area contributed by atoms with Crippen LogP contribution in [0.25, 0.3) is 0 Å². The molecule has 0 spiro atoms. The number of carboxylic acids is 2. The van der Waals surface area contributed by atoms with Crippen LogP contribution in [0, 0.1) is 0 Å². The highest BCUT2D eigenvalue weighted by Gasteiger charge is 1.99. The van der Waals surface area contributed by atoms with E-state index in [0.717, 1.165) is 13.8 Å². The first-order valence-electron chi connectivity index (χ1n) is 2.96. The number of carbonyl (C=O) groups is 4. The van der Waals surface area contributed by atoms with Gasteiger partial charge in [-0.3, -0.25) is 20.1 Å². The second kappa shape index (κ2) is 11.2. The van der Waals surface area contributed by atoms with Crippen molar-refractivity contribution in [1.82, 2.24) is 0 Å². The maximum atomic E-state index is 9.54. The van der Waals surface area contributed by atoms with E-state index in [9.17, 15) is 19.2 Å². The fraction of sp³-hybridized carbons (Fsp3) is 0.333. The Morgan fingerprint density at radius 1 is 0.714 bits per heavy atom. The van der Waals surface area contributed by atoms with E-state index < -0.39 is 23.5 Å². The Morgan fingerprint density at radius 3 is 0.786 bits per heavy atom. The van der Waals surface area contributed by atoms with Gasteiger partial charge >= 0.3 is 11.9 Å². The van der Waals surface area contributed by atoms with E-state index in [1.54, 1.807) is 0 Å². The zero-order chi connectivity index (χ0) is 12.3. The Morgan fingerprint density at radius 2 is 0.786 bits per heavy atom. The second-order valence-electron chi connectivity index (χ2n) is 1.72. The molecule has 0 aromatic rings. The van der Waals surface area contributed by atoms with Crippen LogP contribution in [-0.4, -0.2) is 44.2 Å². The number of Topliss-reactive ketones (excluding diaryl/α,β-unsaturated/α-hetero) is 2. The molecule has 0 aliphatic rings. The van der Waals surface area contributed by atoms with Crippen molar-refractivity contribution in [1.29, 1.82) is 0 Å². The van der Waals surface area contributed by atoms with Crippen LogP contribution in [0.3, 0.4) is 0 Å². The lowest BCUT2D eigenvalue weighted by Crippen LogP contribution is -2.05. The summed E-state index contributed by atoms with van der Waals surface area (Å²) in [5.41, 5.74) is 0. The molecule has 0 aromatic carbocycles. The van der Waals surface area contributed by atoms with E-state index in [-0.39, 0.29) is 0 Å². The molecule has 0 aliphatic carbocycles. The topological polar surface area (TPSA) is 149 Å². The van der Waals surface area contributed by atoms with E-state index in [1.165, 1.54) is 0 Å². The molecular weight excluding hydrogens is 200 g/mol. The molecule has 0 rings (SSSR count). The molecule has 0 radical (unpaired) electrons. The van der Waals surface area contributed by atoms with Gasteiger partial charge in [-0.25, -0.2) is 9.59 Å². The van der Waals surface area contributed by atoms with Crippen molar-refractivity contribution in [2.45, 2.75) is 13.8 Å². The molecule has 0 atom stereocenters. The van der Waals surface area contributed by atoms with E-state index in [0.29, 0.717) is 0 Å². The van der Waals surface area contributed by atoms with Crippen molar-refractivity contribution in [2.24, 2.45) is 0 Å². The highest BCUT2D eigenvalue weighted by Crippen LogP contribution is 1.62. The fourth-order valence-electron chi connectivity index (χ4n) is 0. The van der Waals surface area contributed by atoms with Crippen molar-refractivity contribution >= 4 is 23.5 Å². The monoisotopic (exact) mass is 210 g/mol. The zero-order valence-electron chi connectivity index (χ0n) is 7.42. The minimum atomic E-state index is -1.38. The third-order valence-corrected chi connectivity index (χ3v) is 0.602. The summed E-state index contributed by atoms with van der Waals surface area (Å²) >= 11 is 0. The van der Waals surface area contributed by atoms with Gasteiger partial charge in [0.2, 0.25) is 11.6 Å². The Labute approximate surface area is 78.3 Å². The molecule has 8 nitrogen and oxygen atoms in total. The molecule has 0 unspecified atom stereocenters. The Bertz CT molecular complexity index is 170. The van der Waals surface area contributed by atoms with Crippen LogP contribution in [0.2, 0.25) is 0 Å². The Hall–Kier alpha value is -1.80. The van der Waals surface area contributed by atoms with E-state index in [4.69, 9.17) is 20.7 Å². The molecule has 0 aliphatic heterocycles. The van der Waals surface area contributed by atoms with Crippen molar-refractivity contribution in [3.8, 4) is 0 Å². The number of rotatable bonds is 2. The number of aliphatic carboxylic acids is 2. The van der Waals surface area contributed by atoms with Crippen LogP contribution in [0.15, 0.2) is 0 Å². The van der Waals surface area contributed by atoms with E-state index >= 15 is 0 Å². The molecule has 8 heteroatoms. The summed E-state index contributed by atoms with van der Waals surface area (Å²) < 4.78 is 0. The summed E-state index contributed by atoms with van der Waals surface area (Å²) in [6.07, 6.45) is 0. The molecule has 4 N–H and O–H groups in total. The highest BCUT2D eigenvalue weighted by molar-refractivity contribution is 6.31. The predicted molar refractivity (Wildman–Crippen MR) is 41.9 cm³/mol. The quantitative estimate of drug-likeness (QED) is 0.266. The summed E-state index contributed by atoms with van der Waals surface area (Å²) in [6.45, 7) is 2.00. The molecule has 0 heterocycles. The van der Waals surface area contributed by atoms with Crippen LogP contribution in [0.5, 0.6) is 0 Å². The second-order valence-corrected chi connectivity index (χ2v) is 1.72. The summed E-state index contributed by atoms with van der Waals surface area (Å²) in [7, 11) is 0. The molecule has 0 fully saturated rings. The maximum absolute atomic E-state index is 9.54. The van der Waals surface area contributed by atoms with Crippen LogP contribution < -0.4 is 0 Å². The predicted octanol–water partition coefficient (Wildman–Crippen LogP) is -0.663. The van der Waals surface area contributed by atoms with Gasteiger partial charge in [0.1, 0.15) is 0 Å². The van der Waals surface area contributed by atoms with Crippen molar-refractivity contribution < 1.29 is 39.9 Å². The van der Waals surface area contributed by atoms with Crippen LogP contribution in [0.1, 0.15) is 13.8 Å². The summed E-state index contributed by atoms with van der Waals surface area (Å²) in [5.74, 6) is -4.41. The van der Waals surface area contributed by atoms with Gasteiger partial charge in [0.15, 0.2) is 0 Å². The minimum Gasteiger partial charge on any atom is -0.476 e. The first kappa shape index (κ1) is 18.1. The molecule has 0 bridgehead atoms. The van der Waals surface area contributed by atoms with Gasteiger partial charge in [-0.1, -0.05) is 0 Å². The van der Waals surface area contributed by atoms with Gasteiger partial charge in [-0.15, -0.1) is 0 Å². The van der Waals surface area contributed by atoms with Crippen molar-refractivity contribution in [3.63, 3.8) is 0 Å². The highest BCUT2D eigenvalue weighted by atomic mass is 17.0. The van der Waals surface area contributed by atoms with Crippen LogP contribution in [0.4, 0.5) is 0 Å². The summed E-state index contributed by atoms with van der Waals surface area (Å²) in [5, 5.41) is 27.3. The average molecular weight is 210 g/mol. The number of hydrogen-bond acceptors (Lipinski definition) is 6. The van der Waals surface area contributed by atoms with Crippen LogP contribution >= 0.6 is 0 Å². The first-order chi connectivity index (χ1) is 6.29. The third-order valence-electron chi connectivity index (χ3n) is 0.602. The van der Waals surface area contributed by atoms with Gasteiger partial charge in [0.25, 0.3) is 0 Å². The number of carbonyl (C=O) groups excluding carboxylic acids is 2.